The largest absolute Gasteiger partial charge is 0.336 e. The molecule has 3 N–H and O–H groups in total. The van der Waals surface area contributed by atoms with E-state index in [9.17, 15) is 4.79 Å². The van der Waals surface area contributed by atoms with Crippen LogP contribution in [0.1, 0.15) is 56.3 Å². The Balaban J connectivity index is 1.64. The Bertz CT molecular complexity index is 821. The molecule has 3 rings (SSSR count). The van der Waals surface area contributed by atoms with E-state index in [4.69, 9.17) is 11.1 Å². The average molecular weight is 370 g/mol. The highest BCUT2D eigenvalue weighted by Gasteiger charge is 2.24. The van der Waals surface area contributed by atoms with Crippen LogP contribution < -0.4 is 11.2 Å². The third kappa shape index (κ3) is 4.17. The Morgan fingerprint density at radius 3 is 2.88 bits per heavy atom. The van der Waals surface area contributed by atoms with Gasteiger partial charge in [-0.1, -0.05) is 37.1 Å². The highest BCUT2D eigenvalue weighted by molar-refractivity contribution is 8.00. The van der Waals surface area contributed by atoms with Crippen LogP contribution >= 0.6 is 11.8 Å². The number of hydrogen-bond acceptors (Lipinski definition) is 6. The molecule has 1 unspecified atom stereocenters. The Hall–Kier alpha value is -2.53. The number of amides is 1. The average Bonchev–Trinajstić information content (AvgIpc) is 3.03. The fourth-order valence-corrected chi connectivity index (χ4v) is 3.91. The normalized spacial score (nSPS) is 16.0. The summed E-state index contributed by atoms with van der Waals surface area (Å²) in [7, 11) is 0. The van der Waals surface area contributed by atoms with Crippen molar-refractivity contribution in [3.05, 3.63) is 35.7 Å². The molecular weight excluding hydrogens is 348 g/mol. The van der Waals surface area contributed by atoms with Crippen LogP contribution in [0.15, 0.2) is 29.4 Å². The summed E-state index contributed by atoms with van der Waals surface area (Å²) in [5, 5.41) is 20.3. The van der Waals surface area contributed by atoms with Gasteiger partial charge < -0.3 is 11.2 Å². The third-order valence-corrected chi connectivity index (χ3v) is 5.63. The number of carbonyl (C=O) groups is 1. The first-order chi connectivity index (χ1) is 12.6. The molecule has 1 amide bonds. The van der Waals surface area contributed by atoms with Crippen molar-refractivity contribution >= 4 is 23.4 Å². The molecule has 1 aliphatic carbocycles. The summed E-state index contributed by atoms with van der Waals surface area (Å²) in [4.78, 5) is 12.4. The summed E-state index contributed by atoms with van der Waals surface area (Å²) in [6.45, 7) is 1.79. The summed E-state index contributed by atoms with van der Waals surface area (Å²) in [5.74, 6) is 7.16. The number of aromatic nitrogens is 3. The number of nitriles is 1. The third-order valence-electron chi connectivity index (χ3n) is 4.57. The maximum absolute atomic E-state index is 12.4. The second kappa shape index (κ2) is 8.23. The van der Waals surface area contributed by atoms with Gasteiger partial charge in [-0.25, -0.2) is 4.68 Å². The minimum absolute atomic E-state index is 0.174. The molecule has 0 spiro atoms. The number of anilines is 1. The molecule has 0 aliphatic heterocycles. The molecule has 1 aromatic heterocycles. The SMILES string of the molecule is CC(Sc1nnc(C2CCCCC2)n1N)C(=O)Nc1cccc(C#N)c1. The smallest absolute Gasteiger partial charge is 0.237 e. The molecule has 1 aliphatic rings. The number of hydrogen-bond donors (Lipinski definition) is 2. The molecular formula is C18H22N6OS. The topological polar surface area (TPSA) is 110 Å². The van der Waals surface area contributed by atoms with Crippen LogP contribution in [0.5, 0.6) is 0 Å². The zero-order chi connectivity index (χ0) is 18.5. The van der Waals surface area contributed by atoms with Gasteiger partial charge in [-0.05, 0) is 38.0 Å². The lowest BCUT2D eigenvalue weighted by Crippen LogP contribution is -2.24. The van der Waals surface area contributed by atoms with Crippen molar-refractivity contribution in [3.8, 4) is 6.07 Å². The standard InChI is InChI=1S/C18H22N6OS/c1-12(17(25)21-15-9-5-6-13(10-15)11-19)26-18-23-22-16(24(18)20)14-7-3-2-4-8-14/h5-6,9-10,12,14H,2-4,7-8,20H2,1H3,(H,21,25). The van der Waals surface area contributed by atoms with Gasteiger partial charge in [0.25, 0.3) is 0 Å². The molecule has 1 fully saturated rings. The molecule has 136 valence electrons. The highest BCUT2D eigenvalue weighted by atomic mass is 32.2. The molecule has 7 nitrogen and oxygen atoms in total. The van der Waals surface area contributed by atoms with Crippen molar-refractivity contribution in [2.45, 2.75) is 55.4 Å². The molecule has 26 heavy (non-hydrogen) atoms. The maximum atomic E-state index is 12.4. The van der Waals surface area contributed by atoms with E-state index >= 15 is 0 Å². The molecule has 1 atom stereocenters. The summed E-state index contributed by atoms with van der Waals surface area (Å²) in [6, 6.07) is 8.88. The molecule has 0 bridgehead atoms. The lowest BCUT2D eigenvalue weighted by molar-refractivity contribution is -0.115. The Morgan fingerprint density at radius 2 is 2.15 bits per heavy atom. The number of nitrogens with zero attached hydrogens (tertiary/aromatic N) is 4. The molecule has 1 heterocycles. The number of rotatable bonds is 5. The van der Waals surface area contributed by atoms with Crippen LogP contribution in [0.4, 0.5) is 5.69 Å². The lowest BCUT2D eigenvalue weighted by Gasteiger charge is -2.20. The fourth-order valence-electron chi connectivity index (χ4n) is 3.13. The second-order valence-corrected chi connectivity index (χ2v) is 7.80. The minimum Gasteiger partial charge on any atom is -0.336 e. The number of nitrogens with one attached hydrogen (secondary N) is 1. The zero-order valence-corrected chi connectivity index (χ0v) is 15.5. The van der Waals surface area contributed by atoms with Gasteiger partial charge in [0.15, 0.2) is 5.82 Å². The predicted molar refractivity (Wildman–Crippen MR) is 101 cm³/mol. The van der Waals surface area contributed by atoms with Crippen molar-refractivity contribution in [1.82, 2.24) is 14.9 Å². The van der Waals surface area contributed by atoms with Gasteiger partial charge >= 0.3 is 0 Å². The number of carbonyl (C=O) groups excluding carboxylic acids is 1. The van der Waals surface area contributed by atoms with Crippen LogP contribution in [0, 0.1) is 11.3 Å². The Kier molecular flexibility index (Phi) is 5.78. The number of thioether (sulfide) groups is 1. The second-order valence-electron chi connectivity index (χ2n) is 6.49. The van der Waals surface area contributed by atoms with Crippen LogP contribution in [0.2, 0.25) is 0 Å². The summed E-state index contributed by atoms with van der Waals surface area (Å²) in [6.07, 6.45) is 5.83. The Morgan fingerprint density at radius 1 is 1.38 bits per heavy atom. The van der Waals surface area contributed by atoms with E-state index in [1.165, 1.54) is 35.7 Å². The summed E-state index contributed by atoms with van der Waals surface area (Å²) >= 11 is 1.28. The van der Waals surface area contributed by atoms with Crippen molar-refractivity contribution in [3.63, 3.8) is 0 Å². The molecule has 1 saturated carbocycles. The first kappa shape index (κ1) is 18.3. The minimum atomic E-state index is -0.397. The summed E-state index contributed by atoms with van der Waals surface area (Å²) in [5.41, 5.74) is 1.10. The van der Waals surface area contributed by atoms with Crippen LogP contribution in [-0.2, 0) is 4.79 Å². The fraction of sp³-hybridized carbons (Fsp3) is 0.444. The lowest BCUT2D eigenvalue weighted by atomic mass is 9.89. The van der Waals surface area contributed by atoms with E-state index < -0.39 is 5.25 Å². The van der Waals surface area contributed by atoms with E-state index in [2.05, 4.69) is 21.6 Å². The molecule has 2 aromatic rings. The van der Waals surface area contributed by atoms with Gasteiger partial charge in [-0.15, -0.1) is 10.2 Å². The van der Waals surface area contributed by atoms with Crippen molar-refractivity contribution in [1.29, 1.82) is 5.26 Å². The van der Waals surface area contributed by atoms with Gasteiger partial charge in [0.2, 0.25) is 11.1 Å². The first-order valence-corrected chi connectivity index (χ1v) is 9.64. The van der Waals surface area contributed by atoms with Gasteiger partial charge in [-0.2, -0.15) is 5.26 Å². The van der Waals surface area contributed by atoms with E-state index in [0.29, 0.717) is 22.3 Å². The molecule has 1 aromatic carbocycles. The van der Waals surface area contributed by atoms with Crippen molar-refractivity contribution in [2.24, 2.45) is 0 Å². The number of benzene rings is 1. The maximum Gasteiger partial charge on any atom is 0.237 e. The highest BCUT2D eigenvalue weighted by Crippen LogP contribution is 2.32. The van der Waals surface area contributed by atoms with Gasteiger partial charge in [0.1, 0.15) is 0 Å². The van der Waals surface area contributed by atoms with Crippen LogP contribution in [-0.4, -0.2) is 26.0 Å². The van der Waals surface area contributed by atoms with E-state index in [0.717, 1.165) is 18.7 Å². The van der Waals surface area contributed by atoms with Crippen LogP contribution in [0.3, 0.4) is 0 Å². The van der Waals surface area contributed by atoms with Crippen LogP contribution in [0.25, 0.3) is 0 Å². The summed E-state index contributed by atoms with van der Waals surface area (Å²) < 4.78 is 1.53. The molecule has 0 saturated heterocycles. The zero-order valence-electron chi connectivity index (χ0n) is 14.7. The van der Waals surface area contributed by atoms with Crippen molar-refractivity contribution in [2.75, 3.05) is 11.2 Å². The van der Waals surface area contributed by atoms with E-state index in [1.54, 1.807) is 31.2 Å². The quantitative estimate of drug-likeness (QED) is 0.618. The number of nitrogens with two attached hydrogens (primary N) is 1. The van der Waals surface area contributed by atoms with Gasteiger partial charge in [0.05, 0.1) is 16.9 Å². The Labute approximate surface area is 156 Å². The van der Waals surface area contributed by atoms with E-state index in [-0.39, 0.29) is 5.91 Å². The van der Waals surface area contributed by atoms with Gasteiger partial charge in [0, 0.05) is 11.6 Å². The van der Waals surface area contributed by atoms with E-state index in [1.807, 2.05) is 0 Å². The van der Waals surface area contributed by atoms with Gasteiger partial charge in [-0.3, -0.25) is 4.79 Å². The van der Waals surface area contributed by atoms with Crippen molar-refractivity contribution < 1.29 is 4.79 Å². The number of nitrogen functional groups attached to an aromatic ring is 1. The monoisotopic (exact) mass is 370 g/mol. The predicted octanol–water partition coefficient (Wildman–Crippen LogP) is 3.03. The molecule has 0 radical (unpaired) electrons. The molecule has 8 heteroatoms. The first-order valence-electron chi connectivity index (χ1n) is 8.76.